The minimum Gasteiger partial charge on any atom is -0.321 e. The number of carbonyl (C=O) groups excluding carboxylic acids is 1. The number of rotatable bonds is 3. The summed E-state index contributed by atoms with van der Waals surface area (Å²) in [6.07, 6.45) is 0. The van der Waals surface area contributed by atoms with Gasteiger partial charge >= 0.3 is 0 Å². The van der Waals surface area contributed by atoms with Gasteiger partial charge in [-0.1, -0.05) is 64.5 Å². The first-order valence-corrected chi connectivity index (χ1v) is 9.92. The Labute approximate surface area is 173 Å². The number of benzene rings is 3. The molecule has 132 valence electrons. The topological polar surface area (TPSA) is 42.0 Å². The van der Waals surface area contributed by atoms with Crippen molar-refractivity contribution in [2.45, 2.75) is 0 Å². The Bertz CT molecular complexity index is 1140. The van der Waals surface area contributed by atoms with Gasteiger partial charge in [-0.15, -0.1) is 0 Å². The molecule has 0 aliphatic carbocycles. The zero-order chi connectivity index (χ0) is 18.8. The van der Waals surface area contributed by atoms with Gasteiger partial charge in [-0.2, -0.15) is 0 Å². The summed E-state index contributed by atoms with van der Waals surface area (Å²) in [6, 6.07) is 25.0. The minimum absolute atomic E-state index is 0.172. The third kappa shape index (κ3) is 3.80. The van der Waals surface area contributed by atoms with Gasteiger partial charge in [0.05, 0.1) is 22.5 Å². The van der Waals surface area contributed by atoms with Crippen molar-refractivity contribution in [3.05, 3.63) is 93.4 Å². The molecule has 3 aromatic carbocycles. The second-order valence-corrected chi connectivity index (χ2v) is 7.79. The second kappa shape index (κ2) is 7.62. The number of anilines is 1. The highest BCUT2D eigenvalue weighted by atomic mass is 79.9. The molecular formula is C22H14Br2N2O. The molecule has 3 nitrogen and oxygen atoms in total. The van der Waals surface area contributed by atoms with Crippen LogP contribution in [-0.2, 0) is 0 Å². The Morgan fingerprint density at radius 2 is 1.59 bits per heavy atom. The molecule has 1 N–H and O–H groups in total. The lowest BCUT2D eigenvalue weighted by molar-refractivity contribution is 0.102. The lowest BCUT2D eigenvalue weighted by Gasteiger charge is -2.12. The third-order valence-corrected chi connectivity index (χ3v) is 5.36. The van der Waals surface area contributed by atoms with Gasteiger partial charge in [0.15, 0.2) is 0 Å². The standard InChI is InChI=1S/C22H14Br2N2O/c23-15-10-11-20(18(24)12-15)26-22(27)17-13-21(14-6-2-1-3-7-14)25-19-9-5-4-8-16(17)19/h1-13H,(H,26,27). The largest absolute Gasteiger partial charge is 0.321 e. The van der Waals surface area contributed by atoms with Gasteiger partial charge in [0, 0.05) is 19.9 Å². The van der Waals surface area contributed by atoms with Crippen LogP contribution < -0.4 is 5.32 Å². The van der Waals surface area contributed by atoms with E-state index >= 15 is 0 Å². The molecule has 4 rings (SSSR count). The zero-order valence-electron chi connectivity index (χ0n) is 14.1. The van der Waals surface area contributed by atoms with Crippen molar-refractivity contribution in [3.63, 3.8) is 0 Å². The molecule has 1 amide bonds. The molecule has 0 atom stereocenters. The molecule has 27 heavy (non-hydrogen) atoms. The maximum Gasteiger partial charge on any atom is 0.256 e. The molecule has 0 aliphatic rings. The van der Waals surface area contributed by atoms with E-state index in [4.69, 9.17) is 4.98 Å². The van der Waals surface area contributed by atoms with Gasteiger partial charge in [0.25, 0.3) is 5.91 Å². The monoisotopic (exact) mass is 480 g/mol. The Balaban J connectivity index is 1.81. The predicted octanol–water partition coefficient (Wildman–Crippen LogP) is 6.68. The van der Waals surface area contributed by atoms with Gasteiger partial charge in [0.2, 0.25) is 0 Å². The average molecular weight is 482 g/mol. The minimum atomic E-state index is -0.172. The molecule has 1 aromatic heterocycles. The molecule has 0 radical (unpaired) electrons. The lowest BCUT2D eigenvalue weighted by atomic mass is 10.0. The van der Waals surface area contributed by atoms with Crippen molar-refractivity contribution in [3.8, 4) is 11.3 Å². The molecule has 0 saturated heterocycles. The van der Waals surface area contributed by atoms with Gasteiger partial charge in [-0.3, -0.25) is 4.79 Å². The molecule has 0 fully saturated rings. The summed E-state index contributed by atoms with van der Waals surface area (Å²) < 4.78 is 1.75. The van der Waals surface area contributed by atoms with E-state index in [9.17, 15) is 4.79 Å². The fourth-order valence-electron chi connectivity index (χ4n) is 2.90. The van der Waals surface area contributed by atoms with Crippen molar-refractivity contribution in [1.29, 1.82) is 0 Å². The van der Waals surface area contributed by atoms with E-state index in [2.05, 4.69) is 37.2 Å². The number of nitrogens with zero attached hydrogens (tertiary/aromatic N) is 1. The zero-order valence-corrected chi connectivity index (χ0v) is 17.3. The fraction of sp³-hybridized carbons (Fsp3) is 0. The van der Waals surface area contributed by atoms with Crippen LogP contribution in [0.3, 0.4) is 0 Å². The fourth-order valence-corrected chi connectivity index (χ4v) is 4.05. The normalized spacial score (nSPS) is 10.7. The smallest absolute Gasteiger partial charge is 0.256 e. The number of nitrogens with one attached hydrogen (secondary N) is 1. The second-order valence-electron chi connectivity index (χ2n) is 6.02. The molecule has 0 unspecified atom stereocenters. The Morgan fingerprint density at radius 3 is 2.37 bits per heavy atom. The predicted molar refractivity (Wildman–Crippen MR) is 117 cm³/mol. The van der Waals surface area contributed by atoms with E-state index < -0.39 is 0 Å². The van der Waals surface area contributed by atoms with E-state index in [-0.39, 0.29) is 5.91 Å². The summed E-state index contributed by atoms with van der Waals surface area (Å²) in [5.74, 6) is -0.172. The van der Waals surface area contributed by atoms with E-state index in [0.29, 0.717) is 11.3 Å². The first-order chi connectivity index (χ1) is 13.1. The van der Waals surface area contributed by atoms with Crippen LogP contribution in [0.15, 0.2) is 87.8 Å². The molecular weight excluding hydrogens is 468 g/mol. The number of carbonyl (C=O) groups is 1. The van der Waals surface area contributed by atoms with Crippen LogP contribution in [0.2, 0.25) is 0 Å². The average Bonchev–Trinajstić information content (AvgIpc) is 2.70. The summed E-state index contributed by atoms with van der Waals surface area (Å²) in [7, 11) is 0. The molecule has 0 spiro atoms. The van der Waals surface area contributed by atoms with Crippen molar-refractivity contribution in [2.75, 3.05) is 5.32 Å². The number of fused-ring (bicyclic) bond motifs is 1. The van der Waals surface area contributed by atoms with Crippen molar-refractivity contribution in [2.24, 2.45) is 0 Å². The summed E-state index contributed by atoms with van der Waals surface area (Å²) in [5, 5.41) is 3.81. The number of amides is 1. The first kappa shape index (κ1) is 17.9. The van der Waals surface area contributed by atoms with Gasteiger partial charge in [0.1, 0.15) is 0 Å². The molecule has 5 heteroatoms. The third-order valence-electron chi connectivity index (χ3n) is 4.21. The first-order valence-electron chi connectivity index (χ1n) is 8.33. The van der Waals surface area contributed by atoms with Crippen LogP contribution in [0.5, 0.6) is 0 Å². The number of hydrogen-bond donors (Lipinski definition) is 1. The number of aromatic nitrogens is 1. The Hall–Kier alpha value is -2.50. The SMILES string of the molecule is O=C(Nc1ccc(Br)cc1Br)c1cc(-c2ccccc2)nc2ccccc12. The number of pyridine rings is 1. The van der Waals surface area contributed by atoms with Crippen LogP contribution in [0.4, 0.5) is 5.69 Å². The van der Waals surface area contributed by atoms with Crippen molar-refractivity contribution >= 4 is 54.4 Å². The molecule has 4 aromatic rings. The maximum absolute atomic E-state index is 13.1. The highest BCUT2D eigenvalue weighted by Gasteiger charge is 2.15. The van der Waals surface area contributed by atoms with Gasteiger partial charge in [-0.25, -0.2) is 4.98 Å². The maximum atomic E-state index is 13.1. The number of halogens is 2. The molecule has 0 aliphatic heterocycles. The molecule has 1 heterocycles. The van der Waals surface area contributed by atoms with Crippen molar-refractivity contribution in [1.82, 2.24) is 4.98 Å². The lowest BCUT2D eigenvalue weighted by Crippen LogP contribution is -2.13. The van der Waals surface area contributed by atoms with Crippen LogP contribution in [0.25, 0.3) is 22.2 Å². The highest BCUT2D eigenvalue weighted by Crippen LogP contribution is 2.29. The van der Waals surface area contributed by atoms with E-state index in [1.54, 1.807) is 0 Å². The van der Waals surface area contributed by atoms with E-state index in [1.807, 2.05) is 78.9 Å². The summed E-state index contributed by atoms with van der Waals surface area (Å²) in [4.78, 5) is 17.8. The van der Waals surface area contributed by atoms with Crippen LogP contribution in [-0.4, -0.2) is 10.9 Å². The van der Waals surface area contributed by atoms with Crippen molar-refractivity contribution < 1.29 is 4.79 Å². The van der Waals surface area contributed by atoms with Crippen LogP contribution in [0, 0.1) is 0 Å². The van der Waals surface area contributed by atoms with Crippen LogP contribution >= 0.6 is 31.9 Å². The summed E-state index contributed by atoms with van der Waals surface area (Å²) in [6.45, 7) is 0. The quantitative estimate of drug-likeness (QED) is 0.354. The van der Waals surface area contributed by atoms with Gasteiger partial charge < -0.3 is 5.32 Å². The number of hydrogen-bond acceptors (Lipinski definition) is 2. The summed E-state index contributed by atoms with van der Waals surface area (Å²) >= 11 is 6.92. The number of para-hydroxylation sites is 1. The van der Waals surface area contributed by atoms with Crippen LogP contribution in [0.1, 0.15) is 10.4 Å². The Morgan fingerprint density at radius 1 is 0.852 bits per heavy atom. The molecule has 0 saturated carbocycles. The Kier molecular flexibility index (Phi) is 5.05. The highest BCUT2D eigenvalue weighted by molar-refractivity contribution is 9.11. The van der Waals surface area contributed by atoms with E-state index in [0.717, 1.165) is 31.1 Å². The van der Waals surface area contributed by atoms with Gasteiger partial charge in [-0.05, 0) is 46.3 Å². The van der Waals surface area contributed by atoms with E-state index in [1.165, 1.54) is 0 Å². The summed E-state index contributed by atoms with van der Waals surface area (Å²) in [5.41, 5.74) is 3.84. The molecule has 0 bridgehead atoms.